The molecule has 0 bridgehead atoms. The minimum absolute atomic E-state index is 0.0160. The zero-order valence-electron chi connectivity index (χ0n) is 11.5. The summed E-state index contributed by atoms with van der Waals surface area (Å²) in [5.41, 5.74) is 5.73. The molecule has 4 N–H and O–H groups in total. The third-order valence-electron chi connectivity index (χ3n) is 2.85. The van der Waals surface area contributed by atoms with Gasteiger partial charge in [0.15, 0.2) is 0 Å². The van der Waals surface area contributed by atoms with E-state index in [-0.39, 0.29) is 18.6 Å². The smallest absolute Gasteiger partial charge is 0.223 e. The van der Waals surface area contributed by atoms with Gasteiger partial charge in [0.1, 0.15) is 10.6 Å². The largest absolute Gasteiger partial charge is 0.394 e. The van der Waals surface area contributed by atoms with E-state index in [9.17, 15) is 5.11 Å². The van der Waals surface area contributed by atoms with Gasteiger partial charge in [-0.1, -0.05) is 13.8 Å². The topological polar surface area (TPSA) is 84.1 Å². The first-order chi connectivity index (χ1) is 8.99. The molecule has 1 atom stereocenters. The van der Waals surface area contributed by atoms with Gasteiger partial charge >= 0.3 is 0 Å². The number of aliphatic hydroxyl groups is 1. The predicted molar refractivity (Wildman–Crippen MR) is 80.5 cm³/mol. The molecule has 0 spiro atoms. The Bertz CT molecular complexity index is 567. The Hall–Kier alpha value is -1.40. The Balaban J connectivity index is 2.32. The Morgan fingerprint density at radius 2 is 2.16 bits per heavy atom. The molecule has 0 saturated carbocycles. The molecule has 0 aliphatic rings. The van der Waals surface area contributed by atoms with Gasteiger partial charge in [0, 0.05) is 4.88 Å². The number of hydrogen-bond acceptors (Lipinski definition) is 6. The van der Waals surface area contributed by atoms with E-state index < -0.39 is 0 Å². The van der Waals surface area contributed by atoms with E-state index in [0.717, 1.165) is 16.6 Å². The van der Waals surface area contributed by atoms with Crippen LogP contribution in [-0.4, -0.2) is 27.7 Å². The summed E-state index contributed by atoms with van der Waals surface area (Å²) < 4.78 is 0. The molecule has 0 aromatic carbocycles. The monoisotopic (exact) mass is 280 g/mol. The molecule has 0 aliphatic carbocycles. The Kier molecular flexibility index (Phi) is 4.21. The molecular formula is C13H20N4OS. The molecule has 19 heavy (non-hydrogen) atoms. The summed E-state index contributed by atoms with van der Waals surface area (Å²) in [7, 11) is 0. The van der Waals surface area contributed by atoms with E-state index >= 15 is 0 Å². The highest BCUT2D eigenvalue weighted by atomic mass is 32.1. The highest BCUT2D eigenvalue weighted by Gasteiger charge is 2.14. The highest BCUT2D eigenvalue weighted by Crippen LogP contribution is 2.29. The van der Waals surface area contributed by atoms with Crippen LogP contribution in [0.2, 0.25) is 0 Å². The van der Waals surface area contributed by atoms with Gasteiger partial charge in [0.25, 0.3) is 0 Å². The van der Waals surface area contributed by atoms with Gasteiger partial charge in [0.05, 0.1) is 18.0 Å². The fourth-order valence-electron chi connectivity index (χ4n) is 2.11. The molecule has 6 heteroatoms. The van der Waals surface area contributed by atoms with E-state index in [0.29, 0.717) is 11.7 Å². The summed E-state index contributed by atoms with van der Waals surface area (Å²) in [5, 5.41) is 13.7. The fourth-order valence-corrected chi connectivity index (χ4v) is 3.00. The summed E-state index contributed by atoms with van der Waals surface area (Å²) in [6.07, 6.45) is 0.880. The molecular weight excluding hydrogens is 260 g/mol. The summed E-state index contributed by atoms with van der Waals surface area (Å²) >= 11 is 1.60. The van der Waals surface area contributed by atoms with Crippen molar-refractivity contribution in [3.8, 4) is 0 Å². The summed E-state index contributed by atoms with van der Waals surface area (Å²) in [6, 6.07) is 2.03. The van der Waals surface area contributed by atoms with Crippen molar-refractivity contribution in [3.05, 3.63) is 10.9 Å². The van der Waals surface area contributed by atoms with Gasteiger partial charge in [-0.15, -0.1) is 11.3 Å². The predicted octanol–water partition coefficient (Wildman–Crippen LogP) is 2.40. The minimum Gasteiger partial charge on any atom is -0.394 e. The molecule has 0 aliphatic heterocycles. The zero-order chi connectivity index (χ0) is 14.0. The lowest BCUT2D eigenvalue weighted by Gasteiger charge is -2.19. The van der Waals surface area contributed by atoms with Crippen molar-refractivity contribution in [1.29, 1.82) is 0 Å². The molecule has 2 rings (SSSR count). The number of thiophene rings is 1. The Morgan fingerprint density at radius 1 is 1.42 bits per heavy atom. The third kappa shape index (κ3) is 3.33. The SMILES string of the molecule is Cc1cc2c(N[C@@H](CO)CC(C)C)nc(N)nc2s1. The maximum absolute atomic E-state index is 9.45. The first-order valence-electron chi connectivity index (χ1n) is 6.40. The molecule has 0 amide bonds. The van der Waals surface area contributed by atoms with Crippen LogP contribution < -0.4 is 11.1 Å². The van der Waals surface area contributed by atoms with E-state index in [4.69, 9.17) is 5.73 Å². The van der Waals surface area contributed by atoms with Gasteiger partial charge in [-0.25, -0.2) is 4.98 Å². The molecule has 0 radical (unpaired) electrons. The van der Waals surface area contributed by atoms with Gasteiger partial charge in [0.2, 0.25) is 5.95 Å². The Labute approximate surface area is 116 Å². The van der Waals surface area contributed by atoms with Crippen LogP contribution in [0.5, 0.6) is 0 Å². The van der Waals surface area contributed by atoms with Crippen LogP contribution >= 0.6 is 11.3 Å². The van der Waals surface area contributed by atoms with Crippen LogP contribution in [0.4, 0.5) is 11.8 Å². The average molecular weight is 280 g/mol. The second-order valence-electron chi connectivity index (χ2n) is 5.16. The van der Waals surface area contributed by atoms with Crippen molar-refractivity contribution >= 4 is 33.3 Å². The molecule has 0 unspecified atom stereocenters. The molecule has 2 aromatic heterocycles. The number of anilines is 2. The number of nitrogens with two attached hydrogens (primary N) is 1. The van der Waals surface area contributed by atoms with E-state index in [1.54, 1.807) is 11.3 Å². The Morgan fingerprint density at radius 3 is 2.79 bits per heavy atom. The fraction of sp³-hybridized carbons (Fsp3) is 0.538. The minimum atomic E-state index is -0.0160. The van der Waals surface area contributed by atoms with E-state index in [1.165, 1.54) is 4.88 Å². The van der Waals surface area contributed by atoms with Gasteiger partial charge in [-0.3, -0.25) is 0 Å². The maximum atomic E-state index is 9.45. The first kappa shape index (κ1) is 14.0. The maximum Gasteiger partial charge on any atom is 0.223 e. The van der Waals surface area contributed by atoms with Gasteiger partial charge in [-0.2, -0.15) is 4.98 Å². The second kappa shape index (κ2) is 5.71. The number of aromatic nitrogens is 2. The number of hydrogen-bond donors (Lipinski definition) is 3. The van der Waals surface area contributed by atoms with Crippen molar-refractivity contribution < 1.29 is 5.11 Å². The summed E-state index contributed by atoms with van der Waals surface area (Å²) in [4.78, 5) is 10.5. The van der Waals surface area contributed by atoms with Crippen molar-refractivity contribution in [2.24, 2.45) is 5.92 Å². The van der Waals surface area contributed by atoms with E-state index in [1.807, 2.05) is 13.0 Å². The molecule has 104 valence electrons. The number of nitrogens with one attached hydrogen (secondary N) is 1. The normalized spacial score (nSPS) is 13.1. The number of aliphatic hydroxyl groups excluding tert-OH is 1. The lowest BCUT2D eigenvalue weighted by Crippen LogP contribution is -2.26. The number of nitrogen functional groups attached to an aromatic ring is 1. The van der Waals surface area contributed by atoms with Crippen LogP contribution in [0.1, 0.15) is 25.1 Å². The number of fused-ring (bicyclic) bond motifs is 1. The first-order valence-corrected chi connectivity index (χ1v) is 7.22. The van der Waals surface area contributed by atoms with Crippen LogP contribution in [0.3, 0.4) is 0 Å². The number of nitrogens with zero attached hydrogens (tertiary/aromatic N) is 2. The van der Waals surface area contributed by atoms with Gasteiger partial charge < -0.3 is 16.2 Å². The summed E-state index contributed by atoms with van der Waals surface area (Å²) in [6.45, 7) is 6.36. The van der Waals surface area contributed by atoms with E-state index in [2.05, 4.69) is 29.1 Å². The standard InChI is InChI=1S/C13H20N4OS/c1-7(2)4-9(6-18)15-11-10-5-8(3)19-12(10)17-13(14)16-11/h5,7,9,18H,4,6H2,1-3H3,(H3,14,15,16,17)/t9-/m1/s1. The quantitative estimate of drug-likeness (QED) is 0.783. The average Bonchev–Trinajstić information content (AvgIpc) is 2.67. The van der Waals surface area contributed by atoms with Crippen molar-refractivity contribution in [1.82, 2.24) is 9.97 Å². The van der Waals surface area contributed by atoms with Crippen molar-refractivity contribution in [2.45, 2.75) is 33.2 Å². The van der Waals surface area contributed by atoms with Crippen LogP contribution in [-0.2, 0) is 0 Å². The number of aryl methyl sites for hydroxylation is 1. The highest BCUT2D eigenvalue weighted by molar-refractivity contribution is 7.18. The third-order valence-corrected chi connectivity index (χ3v) is 3.79. The molecule has 2 aromatic rings. The lowest BCUT2D eigenvalue weighted by atomic mass is 10.0. The van der Waals surface area contributed by atoms with Crippen LogP contribution in [0.25, 0.3) is 10.2 Å². The molecule has 5 nitrogen and oxygen atoms in total. The zero-order valence-corrected chi connectivity index (χ0v) is 12.3. The second-order valence-corrected chi connectivity index (χ2v) is 6.39. The molecule has 2 heterocycles. The summed E-state index contributed by atoms with van der Waals surface area (Å²) in [5.74, 6) is 1.48. The molecule has 0 fully saturated rings. The lowest BCUT2D eigenvalue weighted by molar-refractivity contribution is 0.259. The van der Waals surface area contributed by atoms with Crippen molar-refractivity contribution in [2.75, 3.05) is 17.7 Å². The van der Waals surface area contributed by atoms with Crippen LogP contribution in [0.15, 0.2) is 6.07 Å². The number of rotatable bonds is 5. The molecule has 0 saturated heterocycles. The van der Waals surface area contributed by atoms with Crippen molar-refractivity contribution in [3.63, 3.8) is 0 Å². The van der Waals surface area contributed by atoms with Gasteiger partial charge in [-0.05, 0) is 25.3 Å². The van der Waals surface area contributed by atoms with Crippen LogP contribution in [0, 0.1) is 12.8 Å².